The lowest BCUT2D eigenvalue weighted by molar-refractivity contribution is 0.233. The van der Waals surface area contributed by atoms with E-state index in [1.165, 1.54) is 4.31 Å². The number of fused-ring (bicyclic) bond motifs is 2. The third-order valence-electron chi connectivity index (χ3n) is 3.77. The Morgan fingerprint density at radius 1 is 1.35 bits per heavy atom. The van der Waals surface area contributed by atoms with E-state index in [-0.39, 0.29) is 6.04 Å². The summed E-state index contributed by atoms with van der Waals surface area (Å²) in [5, 5.41) is 12.1. The third kappa shape index (κ3) is 2.62. The Hall–Kier alpha value is -0.640. The topological polar surface area (TPSA) is 73.2 Å². The van der Waals surface area contributed by atoms with Crippen molar-refractivity contribution in [2.24, 2.45) is 0 Å². The highest BCUT2D eigenvalue weighted by Crippen LogP contribution is 2.30. The predicted molar refractivity (Wildman–Crippen MR) is 64.7 cm³/mol. The second-order valence-electron chi connectivity index (χ2n) is 4.88. The van der Waals surface area contributed by atoms with E-state index in [0.717, 1.165) is 25.7 Å². The maximum atomic E-state index is 12.0. The van der Waals surface area contributed by atoms with Crippen LogP contribution >= 0.6 is 0 Å². The summed E-state index contributed by atoms with van der Waals surface area (Å²) in [6, 6.07) is 2.76. The molecule has 2 unspecified atom stereocenters. The highest BCUT2D eigenvalue weighted by molar-refractivity contribution is 7.89. The van der Waals surface area contributed by atoms with Crippen molar-refractivity contribution in [1.29, 1.82) is 5.26 Å². The monoisotopic (exact) mass is 257 g/mol. The lowest BCUT2D eigenvalue weighted by Crippen LogP contribution is -2.50. The molecule has 6 heteroatoms. The van der Waals surface area contributed by atoms with Crippen LogP contribution in [0.25, 0.3) is 0 Å². The average molecular weight is 257 g/mol. The fourth-order valence-electron chi connectivity index (χ4n) is 3.11. The van der Waals surface area contributed by atoms with Crippen LogP contribution in [0.3, 0.4) is 0 Å². The molecule has 0 aromatic heterocycles. The van der Waals surface area contributed by atoms with Crippen molar-refractivity contribution in [2.45, 2.75) is 50.7 Å². The van der Waals surface area contributed by atoms with Crippen molar-refractivity contribution in [1.82, 2.24) is 9.62 Å². The second-order valence-corrected chi connectivity index (χ2v) is 6.80. The molecule has 17 heavy (non-hydrogen) atoms. The van der Waals surface area contributed by atoms with Crippen LogP contribution in [0, 0.1) is 11.3 Å². The van der Waals surface area contributed by atoms with Gasteiger partial charge in [-0.05, 0) is 25.7 Å². The van der Waals surface area contributed by atoms with Crippen molar-refractivity contribution >= 4 is 10.0 Å². The number of piperidine rings is 1. The quantitative estimate of drug-likeness (QED) is 0.793. The molecule has 2 saturated heterocycles. The molecule has 0 spiro atoms. The highest BCUT2D eigenvalue weighted by atomic mass is 32.2. The molecule has 2 fully saturated rings. The third-order valence-corrected chi connectivity index (χ3v) is 5.54. The van der Waals surface area contributed by atoms with Gasteiger partial charge in [0.2, 0.25) is 10.0 Å². The summed E-state index contributed by atoms with van der Waals surface area (Å²) in [6.45, 7) is 2.31. The number of nitrogens with one attached hydrogen (secondary N) is 1. The zero-order chi connectivity index (χ0) is 12.5. The minimum atomic E-state index is -3.40. The van der Waals surface area contributed by atoms with Crippen molar-refractivity contribution in [3.63, 3.8) is 0 Å². The highest BCUT2D eigenvalue weighted by Gasteiger charge is 2.39. The summed E-state index contributed by atoms with van der Waals surface area (Å²) in [5.74, 6) is -0.403. The Labute approximate surface area is 103 Å². The number of hydrogen-bond acceptors (Lipinski definition) is 4. The number of rotatable bonds is 4. The molecular formula is C11H19N3O2S. The van der Waals surface area contributed by atoms with Crippen LogP contribution in [-0.4, -0.2) is 43.1 Å². The molecule has 96 valence electrons. The largest absolute Gasteiger partial charge is 0.311 e. The molecular weight excluding hydrogens is 238 g/mol. The van der Waals surface area contributed by atoms with Gasteiger partial charge in [-0.15, -0.1) is 0 Å². The first-order chi connectivity index (χ1) is 8.06. The summed E-state index contributed by atoms with van der Waals surface area (Å²) in [6.07, 6.45) is 4.07. The molecule has 0 saturated carbocycles. The molecule has 2 aliphatic rings. The van der Waals surface area contributed by atoms with Gasteiger partial charge in [-0.3, -0.25) is 0 Å². The zero-order valence-corrected chi connectivity index (χ0v) is 10.9. The molecule has 2 heterocycles. The van der Waals surface area contributed by atoms with E-state index < -0.39 is 15.8 Å². The van der Waals surface area contributed by atoms with Gasteiger partial charge in [-0.1, -0.05) is 6.92 Å². The summed E-state index contributed by atoms with van der Waals surface area (Å²) in [5.41, 5.74) is 0. The van der Waals surface area contributed by atoms with Crippen LogP contribution in [0.4, 0.5) is 0 Å². The van der Waals surface area contributed by atoms with Crippen LogP contribution in [0.2, 0.25) is 0 Å². The van der Waals surface area contributed by atoms with Gasteiger partial charge in [0.1, 0.15) is 0 Å². The molecule has 2 bridgehead atoms. The maximum absolute atomic E-state index is 12.0. The van der Waals surface area contributed by atoms with Crippen molar-refractivity contribution in [2.75, 3.05) is 12.3 Å². The van der Waals surface area contributed by atoms with Crippen LogP contribution in [-0.2, 0) is 10.0 Å². The Bertz CT molecular complexity index is 403. The first-order valence-corrected chi connectivity index (χ1v) is 7.80. The van der Waals surface area contributed by atoms with Crippen molar-refractivity contribution in [3.05, 3.63) is 0 Å². The predicted octanol–water partition coefficient (Wildman–Crippen LogP) is 0.445. The number of hydrogen-bond donors (Lipinski definition) is 1. The molecule has 0 aliphatic carbocycles. The van der Waals surface area contributed by atoms with Gasteiger partial charge in [0, 0.05) is 24.7 Å². The van der Waals surface area contributed by atoms with Crippen LogP contribution in [0.5, 0.6) is 0 Å². The van der Waals surface area contributed by atoms with Crippen LogP contribution in [0.1, 0.15) is 32.6 Å². The lowest BCUT2D eigenvalue weighted by Gasteiger charge is -2.36. The van der Waals surface area contributed by atoms with Gasteiger partial charge in [-0.2, -0.15) is 9.57 Å². The lowest BCUT2D eigenvalue weighted by atomic mass is 10.00. The van der Waals surface area contributed by atoms with Crippen LogP contribution < -0.4 is 5.32 Å². The van der Waals surface area contributed by atoms with Gasteiger partial charge >= 0.3 is 0 Å². The first-order valence-electron chi connectivity index (χ1n) is 6.19. The van der Waals surface area contributed by atoms with E-state index in [4.69, 9.17) is 5.26 Å². The van der Waals surface area contributed by atoms with E-state index in [2.05, 4.69) is 5.32 Å². The van der Waals surface area contributed by atoms with Gasteiger partial charge in [0.15, 0.2) is 5.75 Å². The Morgan fingerprint density at radius 3 is 2.41 bits per heavy atom. The Morgan fingerprint density at radius 2 is 1.94 bits per heavy atom. The number of nitrogens with zero attached hydrogens (tertiary/aromatic N) is 2. The Balaban J connectivity index is 2.12. The average Bonchev–Trinajstić information content (AvgIpc) is 2.58. The van der Waals surface area contributed by atoms with E-state index in [1.54, 1.807) is 6.07 Å². The maximum Gasteiger partial charge on any atom is 0.227 e. The van der Waals surface area contributed by atoms with Gasteiger partial charge in [0.25, 0.3) is 0 Å². The van der Waals surface area contributed by atoms with E-state index in [9.17, 15) is 8.42 Å². The Kier molecular flexibility index (Phi) is 3.71. The molecule has 2 aliphatic heterocycles. The van der Waals surface area contributed by atoms with Gasteiger partial charge < -0.3 is 5.32 Å². The second kappa shape index (κ2) is 4.92. The SMILES string of the molecule is CCN(C1CC2CCC(C1)N2)S(=O)(=O)CC#N. The fourth-order valence-corrected chi connectivity index (χ4v) is 4.46. The normalized spacial score (nSPS) is 32.6. The summed E-state index contributed by atoms with van der Waals surface area (Å²) < 4.78 is 25.5. The molecule has 5 nitrogen and oxygen atoms in total. The minimum absolute atomic E-state index is 0.0806. The molecule has 0 aromatic carbocycles. The van der Waals surface area contributed by atoms with Gasteiger partial charge in [-0.25, -0.2) is 8.42 Å². The fraction of sp³-hybridized carbons (Fsp3) is 0.909. The minimum Gasteiger partial charge on any atom is -0.311 e. The molecule has 0 amide bonds. The number of nitriles is 1. The molecule has 1 N–H and O–H groups in total. The van der Waals surface area contributed by atoms with Crippen molar-refractivity contribution in [3.8, 4) is 6.07 Å². The summed E-state index contributed by atoms with van der Waals surface area (Å²) in [7, 11) is -3.40. The van der Waals surface area contributed by atoms with Crippen LogP contribution in [0.15, 0.2) is 0 Å². The van der Waals surface area contributed by atoms with E-state index >= 15 is 0 Å². The van der Waals surface area contributed by atoms with Gasteiger partial charge in [0.05, 0.1) is 6.07 Å². The zero-order valence-electron chi connectivity index (χ0n) is 10.1. The molecule has 2 rings (SSSR count). The van der Waals surface area contributed by atoms with E-state index in [0.29, 0.717) is 18.6 Å². The number of sulfonamides is 1. The van der Waals surface area contributed by atoms with Crippen molar-refractivity contribution < 1.29 is 8.42 Å². The molecule has 2 atom stereocenters. The smallest absolute Gasteiger partial charge is 0.227 e. The standard InChI is InChI=1S/C11H19N3O2S/c1-2-14(17(15,16)6-5-12)11-7-9-3-4-10(8-11)13-9/h9-11,13H,2-4,6-8H2,1H3. The molecule has 0 aromatic rings. The molecule has 0 radical (unpaired) electrons. The van der Waals surface area contributed by atoms with E-state index in [1.807, 2.05) is 6.92 Å². The summed E-state index contributed by atoms with van der Waals surface area (Å²) >= 11 is 0. The summed E-state index contributed by atoms with van der Waals surface area (Å²) in [4.78, 5) is 0. The first kappa shape index (κ1) is 12.8.